The summed E-state index contributed by atoms with van der Waals surface area (Å²) in [5.41, 5.74) is 8.69. The summed E-state index contributed by atoms with van der Waals surface area (Å²) in [5.74, 6) is 1.14. The molecule has 1 amide bonds. The smallest absolute Gasteiger partial charge is 0.241 e. The number of nitrogens with two attached hydrogens (primary N) is 1. The number of fused-ring (bicyclic) bond motifs is 1. The molecule has 1 aromatic carbocycles. The van der Waals surface area contributed by atoms with E-state index in [1.54, 1.807) is 0 Å². The number of anilines is 1. The van der Waals surface area contributed by atoms with Crippen LogP contribution in [0.2, 0.25) is 0 Å². The van der Waals surface area contributed by atoms with Crippen molar-refractivity contribution in [1.82, 2.24) is 9.55 Å². The van der Waals surface area contributed by atoms with E-state index in [4.69, 9.17) is 10.7 Å². The molecule has 3 N–H and O–H groups in total. The minimum atomic E-state index is -0.491. The molecule has 130 valence electrons. The molecule has 3 rings (SSSR count). The number of imidazole rings is 1. The average molecular weight is 349 g/mol. The first-order valence-electron chi connectivity index (χ1n) is 8.27. The van der Waals surface area contributed by atoms with Gasteiger partial charge in [0.25, 0.3) is 0 Å². The predicted molar refractivity (Wildman–Crippen MR) is 99.3 cm³/mol. The number of rotatable bonds is 4. The summed E-state index contributed by atoms with van der Waals surface area (Å²) >= 11 is 0. The van der Waals surface area contributed by atoms with Crippen molar-refractivity contribution in [2.75, 3.05) is 5.32 Å². The highest BCUT2D eigenvalue weighted by molar-refractivity contribution is 5.95. The fourth-order valence-corrected chi connectivity index (χ4v) is 2.80. The van der Waals surface area contributed by atoms with Gasteiger partial charge in [-0.2, -0.15) is 0 Å². The van der Waals surface area contributed by atoms with Crippen molar-refractivity contribution in [3.05, 3.63) is 36.3 Å². The number of aryl methyl sites for hydroxylation is 2. The van der Waals surface area contributed by atoms with Crippen LogP contribution < -0.4 is 11.1 Å². The zero-order valence-electron chi connectivity index (χ0n) is 14.2. The van der Waals surface area contributed by atoms with Gasteiger partial charge in [0, 0.05) is 30.4 Å². The fourth-order valence-electron chi connectivity index (χ4n) is 2.80. The summed E-state index contributed by atoms with van der Waals surface area (Å²) in [5, 5.41) is 2.86. The lowest BCUT2D eigenvalue weighted by Gasteiger charge is -2.15. The van der Waals surface area contributed by atoms with Crippen LogP contribution in [0.3, 0.4) is 0 Å². The third-order valence-corrected chi connectivity index (χ3v) is 4.38. The van der Waals surface area contributed by atoms with Crippen molar-refractivity contribution in [3.63, 3.8) is 0 Å². The van der Waals surface area contributed by atoms with E-state index in [1.165, 1.54) is 18.7 Å². The molecule has 0 radical (unpaired) electrons. The zero-order valence-corrected chi connectivity index (χ0v) is 15.0. The summed E-state index contributed by atoms with van der Waals surface area (Å²) in [6.07, 6.45) is 5.62. The highest BCUT2D eigenvalue weighted by Crippen LogP contribution is 2.24. The minimum absolute atomic E-state index is 0. The molecule has 1 aliphatic heterocycles. The van der Waals surface area contributed by atoms with Gasteiger partial charge in [0.1, 0.15) is 5.82 Å². The van der Waals surface area contributed by atoms with E-state index in [1.807, 2.05) is 38.1 Å². The summed E-state index contributed by atoms with van der Waals surface area (Å²) in [6, 6.07) is 7.29. The number of aromatic nitrogens is 2. The molecular formula is C18H25ClN4O. The molecule has 0 saturated carbocycles. The fraction of sp³-hybridized carbons (Fsp3) is 0.444. The highest BCUT2D eigenvalue weighted by atomic mass is 35.5. The molecule has 0 unspecified atom stereocenters. The number of carbonyl (C=O) groups is 1. The molecule has 2 aromatic rings. The van der Waals surface area contributed by atoms with Crippen LogP contribution in [0.25, 0.3) is 11.3 Å². The molecule has 24 heavy (non-hydrogen) atoms. The molecule has 6 heteroatoms. The quantitative estimate of drug-likeness (QED) is 0.890. The van der Waals surface area contributed by atoms with Gasteiger partial charge in [-0.1, -0.05) is 26.0 Å². The maximum Gasteiger partial charge on any atom is 0.241 e. The van der Waals surface area contributed by atoms with E-state index >= 15 is 0 Å². The van der Waals surface area contributed by atoms with E-state index in [0.717, 1.165) is 29.9 Å². The third-order valence-electron chi connectivity index (χ3n) is 4.38. The molecule has 0 aliphatic carbocycles. The van der Waals surface area contributed by atoms with Gasteiger partial charge in [-0.3, -0.25) is 4.79 Å². The largest absolute Gasteiger partial charge is 0.334 e. The molecule has 0 spiro atoms. The number of carbonyl (C=O) groups excluding carboxylic acids is 1. The van der Waals surface area contributed by atoms with E-state index in [9.17, 15) is 4.79 Å². The van der Waals surface area contributed by atoms with Gasteiger partial charge in [-0.05, 0) is 30.9 Å². The summed E-state index contributed by atoms with van der Waals surface area (Å²) in [7, 11) is 0. The standard InChI is InChI=1S/C18H24N4O.ClH/c1-12(2)17(19)18(23)20-14-8-6-13(7-9-14)15-11-22-10-4-3-5-16(22)21-15;/h6-9,11-12,17H,3-5,10,19H2,1-2H3,(H,20,23);1H/t17-;/m0./s1. The summed E-state index contributed by atoms with van der Waals surface area (Å²) < 4.78 is 2.25. The number of halogens is 1. The van der Waals surface area contributed by atoms with Gasteiger partial charge in [-0.25, -0.2) is 4.98 Å². The monoisotopic (exact) mass is 348 g/mol. The van der Waals surface area contributed by atoms with Gasteiger partial charge >= 0.3 is 0 Å². The van der Waals surface area contributed by atoms with Crippen molar-refractivity contribution < 1.29 is 4.79 Å². The lowest BCUT2D eigenvalue weighted by atomic mass is 10.0. The normalized spacial score (nSPS) is 14.7. The van der Waals surface area contributed by atoms with Crippen LogP contribution in [0.1, 0.15) is 32.5 Å². The summed E-state index contributed by atoms with van der Waals surface area (Å²) in [4.78, 5) is 16.7. The molecule has 1 atom stereocenters. The van der Waals surface area contributed by atoms with Crippen molar-refractivity contribution in [2.24, 2.45) is 11.7 Å². The number of amides is 1. The Bertz CT molecular complexity index is 670. The van der Waals surface area contributed by atoms with E-state index < -0.39 is 6.04 Å². The van der Waals surface area contributed by atoms with E-state index in [2.05, 4.69) is 16.1 Å². The number of hydrogen-bond donors (Lipinski definition) is 2. The molecule has 0 fully saturated rings. The Morgan fingerprint density at radius 1 is 1.25 bits per heavy atom. The number of nitrogens with one attached hydrogen (secondary N) is 1. The first-order valence-corrected chi connectivity index (χ1v) is 8.27. The second-order valence-corrected chi connectivity index (χ2v) is 6.53. The second-order valence-electron chi connectivity index (χ2n) is 6.53. The van der Waals surface area contributed by atoms with Crippen LogP contribution in [0, 0.1) is 5.92 Å². The molecule has 2 heterocycles. The van der Waals surface area contributed by atoms with Crippen molar-refractivity contribution in [1.29, 1.82) is 0 Å². The number of nitrogens with zero attached hydrogens (tertiary/aromatic N) is 2. The van der Waals surface area contributed by atoms with Gasteiger partial charge < -0.3 is 15.6 Å². The van der Waals surface area contributed by atoms with Crippen LogP contribution in [0.4, 0.5) is 5.69 Å². The van der Waals surface area contributed by atoms with Crippen LogP contribution in [-0.2, 0) is 17.8 Å². The third kappa shape index (κ3) is 3.97. The SMILES string of the molecule is CC(C)[C@H](N)C(=O)Nc1ccc(-c2cn3c(n2)CCCC3)cc1.Cl. The zero-order chi connectivity index (χ0) is 16.4. The number of benzene rings is 1. The van der Waals surface area contributed by atoms with Crippen LogP contribution >= 0.6 is 12.4 Å². The number of hydrogen-bond acceptors (Lipinski definition) is 3. The molecule has 0 saturated heterocycles. The van der Waals surface area contributed by atoms with Gasteiger partial charge in [0.15, 0.2) is 0 Å². The second kappa shape index (κ2) is 7.81. The van der Waals surface area contributed by atoms with E-state index in [0.29, 0.717) is 0 Å². The first kappa shape index (κ1) is 18.5. The molecular weight excluding hydrogens is 324 g/mol. The van der Waals surface area contributed by atoms with Crippen molar-refractivity contribution in [2.45, 2.75) is 45.7 Å². The molecule has 1 aliphatic rings. The summed E-state index contributed by atoms with van der Waals surface area (Å²) in [6.45, 7) is 4.94. The maximum absolute atomic E-state index is 12.0. The average Bonchev–Trinajstić information content (AvgIpc) is 2.98. The first-order chi connectivity index (χ1) is 11.0. The Morgan fingerprint density at radius 2 is 1.96 bits per heavy atom. The Kier molecular flexibility index (Phi) is 6.02. The highest BCUT2D eigenvalue weighted by Gasteiger charge is 2.17. The molecule has 1 aromatic heterocycles. The molecule has 0 bridgehead atoms. The lowest BCUT2D eigenvalue weighted by Crippen LogP contribution is -2.39. The van der Waals surface area contributed by atoms with Gasteiger partial charge in [-0.15, -0.1) is 12.4 Å². The predicted octanol–water partition coefficient (Wildman–Crippen LogP) is 3.23. The molecule has 5 nitrogen and oxygen atoms in total. The Hall–Kier alpha value is -1.85. The Labute approximate surface area is 149 Å². The Morgan fingerprint density at radius 3 is 2.58 bits per heavy atom. The van der Waals surface area contributed by atoms with Crippen molar-refractivity contribution >= 4 is 24.0 Å². The van der Waals surface area contributed by atoms with E-state index in [-0.39, 0.29) is 24.2 Å². The van der Waals surface area contributed by atoms with Gasteiger partial charge in [0.2, 0.25) is 5.91 Å². The van der Waals surface area contributed by atoms with Crippen LogP contribution in [-0.4, -0.2) is 21.5 Å². The van der Waals surface area contributed by atoms with Gasteiger partial charge in [0.05, 0.1) is 11.7 Å². The lowest BCUT2D eigenvalue weighted by molar-refractivity contribution is -0.118. The maximum atomic E-state index is 12.0. The van der Waals surface area contributed by atoms with Crippen molar-refractivity contribution in [3.8, 4) is 11.3 Å². The van der Waals surface area contributed by atoms with Crippen LogP contribution in [0.15, 0.2) is 30.5 Å². The minimum Gasteiger partial charge on any atom is -0.334 e. The Balaban J connectivity index is 0.00000208. The van der Waals surface area contributed by atoms with Crippen LogP contribution in [0.5, 0.6) is 0 Å². The topological polar surface area (TPSA) is 72.9 Å².